The van der Waals surface area contributed by atoms with Crippen LogP contribution in [0.3, 0.4) is 0 Å². The number of hydrogen-bond donors (Lipinski definition) is 1. The summed E-state index contributed by atoms with van der Waals surface area (Å²) < 4.78 is 34.3. The second kappa shape index (κ2) is 27.5. The fraction of sp³-hybridized carbons (Fsp3) is 0.848. The van der Waals surface area contributed by atoms with Gasteiger partial charge in [-0.05, 0) is 44.9 Å². The minimum atomic E-state index is -4.25. The molecule has 0 aliphatic heterocycles. The van der Waals surface area contributed by atoms with Crippen LogP contribution >= 0.6 is 7.82 Å². The van der Waals surface area contributed by atoms with E-state index in [-0.39, 0.29) is 25.8 Å². The molecule has 0 heterocycles. The minimum absolute atomic E-state index is 0.0862. The summed E-state index contributed by atoms with van der Waals surface area (Å²) in [6.07, 6.45) is 27.0. The molecule has 0 aliphatic carbocycles. The van der Waals surface area contributed by atoms with Crippen molar-refractivity contribution < 1.29 is 37.3 Å². The van der Waals surface area contributed by atoms with Crippen molar-refractivity contribution in [2.45, 2.75) is 129 Å². The van der Waals surface area contributed by atoms with Crippen molar-refractivity contribution in [3.8, 4) is 0 Å². The van der Waals surface area contributed by atoms with Gasteiger partial charge in [0, 0.05) is 13.0 Å². The SMILES string of the molecule is CCCCCC/C=C\C/C=C\CCCCCCCCOCC(COP(=O)(O)OCC[N+](C)(C)C)OC(=O)CCCCC. The molecule has 2 atom stereocenters. The second-order valence-electron chi connectivity index (χ2n) is 12.2. The molecule has 42 heavy (non-hydrogen) atoms. The molecule has 0 saturated carbocycles. The Morgan fingerprint density at radius 2 is 1.31 bits per heavy atom. The van der Waals surface area contributed by atoms with Crippen LogP contribution in [0.2, 0.25) is 0 Å². The van der Waals surface area contributed by atoms with Crippen LogP contribution in [0, 0.1) is 0 Å². The zero-order chi connectivity index (χ0) is 31.4. The third-order valence-electron chi connectivity index (χ3n) is 6.77. The number of esters is 1. The van der Waals surface area contributed by atoms with Crippen molar-refractivity contribution >= 4 is 13.8 Å². The average molecular weight is 619 g/mol. The van der Waals surface area contributed by atoms with Crippen molar-refractivity contribution in [2.24, 2.45) is 0 Å². The summed E-state index contributed by atoms with van der Waals surface area (Å²) in [7, 11) is 1.65. The molecule has 0 aromatic heterocycles. The number of quaternary nitrogens is 1. The van der Waals surface area contributed by atoms with Crippen molar-refractivity contribution in [2.75, 3.05) is 54.1 Å². The Morgan fingerprint density at radius 3 is 1.93 bits per heavy atom. The van der Waals surface area contributed by atoms with Crippen LogP contribution < -0.4 is 0 Å². The number of carbonyl (C=O) groups is 1. The number of ether oxygens (including phenoxy) is 2. The van der Waals surface area contributed by atoms with Crippen molar-refractivity contribution in [1.82, 2.24) is 0 Å². The van der Waals surface area contributed by atoms with E-state index in [0.717, 1.165) is 44.9 Å². The fourth-order valence-electron chi connectivity index (χ4n) is 4.11. The minimum Gasteiger partial charge on any atom is -0.457 e. The number of carbonyl (C=O) groups excluding carboxylic acids is 1. The van der Waals surface area contributed by atoms with E-state index in [2.05, 4.69) is 38.2 Å². The Kier molecular flexibility index (Phi) is 26.9. The van der Waals surface area contributed by atoms with Crippen LogP contribution in [-0.2, 0) is 27.9 Å². The number of phosphoric ester groups is 1. The molecule has 0 aromatic rings. The van der Waals surface area contributed by atoms with Gasteiger partial charge in [0.1, 0.15) is 19.3 Å². The summed E-state index contributed by atoms with van der Waals surface area (Å²) in [6, 6.07) is 0. The second-order valence-corrected chi connectivity index (χ2v) is 13.6. The molecule has 0 saturated heterocycles. The fourth-order valence-corrected chi connectivity index (χ4v) is 4.85. The molecule has 0 radical (unpaired) electrons. The molecule has 0 spiro atoms. The predicted molar refractivity (Wildman–Crippen MR) is 173 cm³/mol. The zero-order valence-corrected chi connectivity index (χ0v) is 28.6. The Bertz CT molecular complexity index is 736. The van der Waals surface area contributed by atoms with E-state index < -0.39 is 13.9 Å². The Hall–Kier alpha value is -1.02. The van der Waals surface area contributed by atoms with Gasteiger partial charge in [0.2, 0.25) is 0 Å². The first-order valence-electron chi connectivity index (χ1n) is 16.6. The average Bonchev–Trinajstić information content (AvgIpc) is 2.92. The van der Waals surface area contributed by atoms with E-state index in [9.17, 15) is 14.3 Å². The molecule has 0 aliphatic rings. The smallest absolute Gasteiger partial charge is 0.457 e. The highest BCUT2D eigenvalue weighted by atomic mass is 31.2. The topological polar surface area (TPSA) is 91.3 Å². The zero-order valence-electron chi connectivity index (χ0n) is 27.7. The largest absolute Gasteiger partial charge is 0.472 e. The molecule has 0 bridgehead atoms. The number of unbranched alkanes of at least 4 members (excludes halogenated alkanes) is 12. The van der Waals surface area contributed by atoms with Gasteiger partial charge < -0.3 is 18.9 Å². The van der Waals surface area contributed by atoms with Gasteiger partial charge in [-0.25, -0.2) is 4.57 Å². The third kappa shape index (κ3) is 30.4. The molecule has 0 amide bonds. The van der Waals surface area contributed by atoms with Gasteiger partial charge in [-0.1, -0.05) is 95.9 Å². The van der Waals surface area contributed by atoms with Crippen LogP contribution in [0.15, 0.2) is 24.3 Å². The van der Waals surface area contributed by atoms with Crippen molar-refractivity contribution in [3.05, 3.63) is 24.3 Å². The lowest BCUT2D eigenvalue weighted by atomic mass is 10.1. The lowest BCUT2D eigenvalue weighted by Crippen LogP contribution is -2.37. The first-order valence-corrected chi connectivity index (χ1v) is 18.1. The molecule has 0 rings (SSSR count). The van der Waals surface area contributed by atoms with Crippen LogP contribution in [0.5, 0.6) is 0 Å². The summed E-state index contributed by atoms with van der Waals surface area (Å²) in [6.45, 7) is 5.39. The van der Waals surface area contributed by atoms with Gasteiger partial charge in [-0.2, -0.15) is 0 Å². The molecular formula is C33H65NO7P+. The number of allylic oxidation sites excluding steroid dienone is 4. The van der Waals surface area contributed by atoms with Crippen LogP contribution in [0.1, 0.15) is 123 Å². The normalized spacial score (nSPS) is 14.5. The monoisotopic (exact) mass is 618 g/mol. The highest BCUT2D eigenvalue weighted by Gasteiger charge is 2.26. The van der Waals surface area contributed by atoms with Gasteiger partial charge in [0.25, 0.3) is 0 Å². The molecule has 248 valence electrons. The Morgan fingerprint density at radius 1 is 0.738 bits per heavy atom. The van der Waals surface area contributed by atoms with E-state index in [1.54, 1.807) is 0 Å². The number of nitrogens with zero attached hydrogens (tertiary/aromatic N) is 1. The summed E-state index contributed by atoms with van der Waals surface area (Å²) >= 11 is 0. The molecule has 0 fully saturated rings. The molecule has 2 unspecified atom stereocenters. The number of rotatable bonds is 30. The maximum atomic E-state index is 12.3. The molecule has 0 aromatic carbocycles. The van der Waals surface area contributed by atoms with Crippen molar-refractivity contribution in [1.29, 1.82) is 0 Å². The maximum absolute atomic E-state index is 12.3. The lowest BCUT2D eigenvalue weighted by molar-refractivity contribution is -0.870. The molecule has 9 heteroatoms. The third-order valence-corrected chi connectivity index (χ3v) is 7.75. The first-order chi connectivity index (χ1) is 20.1. The standard InChI is InChI=1S/C33H64NO7P/c1-6-8-10-11-12-13-14-15-16-17-18-19-20-21-22-23-25-28-38-30-32(41-33(35)26-24-9-7-2)31-40-42(36,37)39-29-27-34(3,4)5/h13-14,16-17,32H,6-12,15,18-31H2,1-5H3/p+1/b14-13-,17-16-. The van der Waals surface area contributed by atoms with Gasteiger partial charge in [-0.15, -0.1) is 0 Å². The first kappa shape index (κ1) is 41.0. The summed E-state index contributed by atoms with van der Waals surface area (Å²) in [5, 5.41) is 0. The van der Waals surface area contributed by atoms with E-state index in [4.69, 9.17) is 18.5 Å². The van der Waals surface area contributed by atoms with E-state index in [1.807, 2.05) is 21.1 Å². The number of likely N-dealkylation sites (N-methyl/N-ethyl adjacent to an activating group) is 1. The van der Waals surface area contributed by atoms with Crippen molar-refractivity contribution in [3.63, 3.8) is 0 Å². The van der Waals surface area contributed by atoms with Crippen LogP contribution in [0.25, 0.3) is 0 Å². The Balaban J connectivity index is 4.09. The summed E-state index contributed by atoms with van der Waals surface area (Å²) in [5.41, 5.74) is 0. The highest BCUT2D eigenvalue weighted by molar-refractivity contribution is 7.47. The Labute approximate surface area is 258 Å². The quantitative estimate of drug-likeness (QED) is 0.0284. The molecule has 1 N–H and O–H groups in total. The predicted octanol–water partition coefficient (Wildman–Crippen LogP) is 8.54. The van der Waals surface area contributed by atoms with Gasteiger partial charge >= 0.3 is 13.8 Å². The van der Waals surface area contributed by atoms with Gasteiger partial charge in [-0.3, -0.25) is 13.8 Å². The number of hydrogen-bond acceptors (Lipinski definition) is 6. The summed E-state index contributed by atoms with van der Waals surface area (Å²) in [5.74, 6) is -0.344. The maximum Gasteiger partial charge on any atom is 0.472 e. The van der Waals surface area contributed by atoms with Gasteiger partial charge in [0.05, 0.1) is 34.4 Å². The molecule has 8 nitrogen and oxygen atoms in total. The van der Waals surface area contributed by atoms with Crippen LogP contribution in [-0.4, -0.2) is 75.6 Å². The summed E-state index contributed by atoms with van der Waals surface area (Å²) in [4.78, 5) is 22.2. The van der Waals surface area contributed by atoms with E-state index in [0.29, 0.717) is 24.1 Å². The van der Waals surface area contributed by atoms with E-state index >= 15 is 0 Å². The van der Waals surface area contributed by atoms with E-state index in [1.165, 1.54) is 57.8 Å². The van der Waals surface area contributed by atoms with Crippen LogP contribution in [0.4, 0.5) is 0 Å². The number of phosphoric acid groups is 1. The van der Waals surface area contributed by atoms with Gasteiger partial charge in [0.15, 0.2) is 0 Å². The highest BCUT2D eigenvalue weighted by Crippen LogP contribution is 2.43. The molecular weight excluding hydrogens is 553 g/mol. The lowest BCUT2D eigenvalue weighted by Gasteiger charge is -2.24.